The van der Waals surface area contributed by atoms with Gasteiger partial charge in [0.2, 0.25) is 0 Å². The topological polar surface area (TPSA) is 43.2 Å². The largest absolute Gasteiger partial charge is 0.294 e. The van der Waals surface area contributed by atoms with Crippen molar-refractivity contribution in [3.8, 4) is 6.07 Å². The molecule has 1 fully saturated rings. The fourth-order valence-electron chi connectivity index (χ4n) is 2.33. The first kappa shape index (κ1) is 13.5. The van der Waals surface area contributed by atoms with Crippen molar-refractivity contribution in [1.82, 2.24) is 14.8 Å². The molecule has 0 bridgehead atoms. The number of nitrogens with zero attached hydrogens (tertiary/aromatic N) is 4. The average Bonchev–Trinajstić information content (AvgIpc) is 2.78. The molecule has 5 heteroatoms. The summed E-state index contributed by atoms with van der Waals surface area (Å²) in [6.07, 6.45) is 0.919. The Labute approximate surface area is 113 Å². The second-order valence-electron chi connectivity index (χ2n) is 4.75. The van der Waals surface area contributed by atoms with Crippen LogP contribution in [-0.4, -0.2) is 47.0 Å². The van der Waals surface area contributed by atoms with Crippen molar-refractivity contribution in [3.63, 3.8) is 0 Å². The van der Waals surface area contributed by atoms with Crippen LogP contribution in [0.5, 0.6) is 0 Å². The van der Waals surface area contributed by atoms with Crippen LogP contribution in [0.15, 0.2) is 5.38 Å². The van der Waals surface area contributed by atoms with E-state index in [0.717, 1.165) is 44.8 Å². The predicted molar refractivity (Wildman–Crippen MR) is 73.4 cm³/mol. The van der Waals surface area contributed by atoms with Crippen molar-refractivity contribution < 1.29 is 0 Å². The van der Waals surface area contributed by atoms with E-state index in [-0.39, 0.29) is 6.04 Å². The highest BCUT2D eigenvalue weighted by Gasteiger charge is 2.22. The maximum atomic E-state index is 9.07. The Hall–Kier alpha value is -0.960. The van der Waals surface area contributed by atoms with E-state index in [2.05, 4.69) is 33.2 Å². The van der Waals surface area contributed by atoms with Gasteiger partial charge in [0.1, 0.15) is 5.01 Å². The number of nitriles is 1. The summed E-state index contributed by atoms with van der Waals surface area (Å²) in [7, 11) is 0. The molecule has 4 nitrogen and oxygen atoms in total. The summed E-state index contributed by atoms with van der Waals surface area (Å²) in [5, 5.41) is 12.4. The van der Waals surface area contributed by atoms with Crippen molar-refractivity contribution in [1.29, 1.82) is 5.26 Å². The SMILES string of the molecule is CCC(C#N)N1CCN(Cc2nc(C)cs2)CC1. The molecule has 0 amide bonds. The van der Waals surface area contributed by atoms with Crippen molar-refractivity contribution >= 4 is 11.3 Å². The van der Waals surface area contributed by atoms with Crippen molar-refractivity contribution in [2.45, 2.75) is 32.9 Å². The monoisotopic (exact) mass is 264 g/mol. The number of aryl methyl sites for hydroxylation is 1. The molecular weight excluding hydrogens is 244 g/mol. The zero-order chi connectivity index (χ0) is 13.0. The second kappa shape index (κ2) is 6.28. The second-order valence-corrected chi connectivity index (χ2v) is 5.69. The van der Waals surface area contributed by atoms with E-state index in [0.29, 0.717) is 0 Å². The summed E-state index contributed by atoms with van der Waals surface area (Å²) in [5.41, 5.74) is 1.11. The summed E-state index contributed by atoms with van der Waals surface area (Å²) in [6, 6.07) is 2.48. The maximum absolute atomic E-state index is 9.07. The Morgan fingerprint density at radius 2 is 2.17 bits per heavy atom. The molecule has 1 aliphatic rings. The summed E-state index contributed by atoms with van der Waals surface area (Å²) < 4.78 is 0. The molecule has 1 aromatic heterocycles. The van der Waals surface area contributed by atoms with E-state index in [1.54, 1.807) is 11.3 Å². The molecule has 2 heterocycles. The van der Waals surface area contributed by atoms with Crippen LogP contribution in [0.25, 0.3) is 0 Å². The van der Waals surface area contributed by atoms with E-state index >= 15 is 0 Å². The third kappa shape index (κ3) is 3.29. The number of thiazole rings is 1. The first-order chi connectivity index (χ1) is 8.72. The molecule has 18 heavy (non-hydrogen) atoms. The molecule has 0 spiro atoms. The molecule has 0 saturated carbocycles. The Bertz CT molecular complexity index is 415. The molecular formula is C13H20N4S. The Morgan fingerprint density at radius 3 is 2.67 bits per heavy atom. The quantitative estimate of drug-likeness (QED) is 0.832. The summed E-state index contributed by atoms with van der Waals surface area (Å²) in [6.45, 7) is 9.14. The van der Waals surface area contributed by atoms with Gasteiger partial charge in [0.05, 0.1) is 18.7 Å². The van der Waals surface area contributed by atoms with Gasteiger partial charge in [-0.05, 0) is 13.3 Å². The third-order valence-corrected chi connectivity index (χ3v) is 4.36. The van der Waals surface area contributed by atoms with E-state index in [1.165, 1.54) is 5.01 Å². The Morgan fingerprint density at radius 1 is 1.44 bits per heavy atom. The first-order valence-corrected chi connectivity index (χ1v) is 7.38. The summed E-state index contributed by atoms with van der Waals surface area (Å²) in [5.74, 6) is 0. The smallest absolute Gasteiger partial charge is 0.107 e. The fourth-order valence-corrected chi connectivity index (χ4v) is 3.14. The highest BCUT2D eigenvalue weighted by Crippen LogP contribution is 2.14. The summed E-state index contributed by atoms with van der Waals surface area (Å²) in [4.78, 5) is 9.23. The standard InChI is InChI=1S/C13H20N4S/c1-3-12(8-14)17-6-4-16(5-7-17)9-13-15-11(2)10-18-13/h10,12H,3-7,9H2,1-2H3. The van der Waals surface area contributed by atoms with Gasteiger partial charge in [-0.25, -0.2) is 4.98 Å². The lowest BCUT2D eigenvalue weighted by Gasteiger charge is -2.36. The zero-order valence-corrected chi connectivity index (χ0v) is 11.9. The van der Waals surface area contributed by atoms with Gasteiger partial charge < -0.3 is 0 Å². The molecule has 1 aliphatic heterocycles. The molecule has 0 aliphatic carbocycles. The number of hydrogen-bond acceptors (Lipinski definition) is 5. The molecule has 0 radical (unpaired) electrons. The van der Waals surface area contributed by atoms with Crippen LogP contribution in [0, 0.1) is 18.3 Å². The highest BCUT2D eigenvalue weighted by molar-refractivity contribution is 7.09. The molecule has 2 rings (SSSR count). The third-order valence-electron chi connectivity index (χ3n) is 3.41. The van der Waals surface area contributed by atoms with Crippen LogP contribution in [0.4, 0.5) is 0 Å². The first-order valence-electron chi connectivity index (χ1n) is 6.50. The number of hydrogen-bond donors (Lipinski definition) is 0. The molecule has 1 saturated heterocycles. The van der Waals surface area contributed by atoms with Crippen LogP contribution < -0.4 is 0 Å². The van der Waals surface area contributed by atoms with Gasteiger partial charge >= 0.3 is 0 Å². The fraction of sp³-hybridized carbons (Fsp3) is 0.692. The average molecular weight is 264 g/mol. The van der Waals surface area contributed by atoms with Gasteiger partial charge in [0.25, 0.3) is 0 Å². The Kier molecular flexibility index (Phi) is 4.70. The van der Waals surface area contributed by atoms with Crippen molar-refractivity contribution in [2.75, 3.05) is 26.2 Å². The number of aromatic nitrogens is 1. The van der Waals surface area contributed by atoms with Crippen LogP contribution in [0.1, 0.15) is 24.0 Å². The van der Waals surface area contributed by atoms with Gasteiger partial charge in [0, 0.05) is 37.3 Å². The molecule has 0 aromatic carbocycles. The molecule has 1 aromatic rings. The lowest BCUT2D eigenvalue weighted by molar-refractivity contribution is 0.108. The van der Waals surface area contributed by atoms with E-state index < -0.39 is 0 Å². The van der Waals surface area contributed by atoms with Crippen LogP contribution in [0.2, 0.25) is 0 Å². The molecule has 0 N–H and O–H groups in total. The summed E-state index contributed by atoms with van der Waals surface area (Å²) >= 11 is 1.74. The van der Waals surface area contributed by atoms with E-state index in [4.69, 9.17) is 5.26 Å². The van der Waals surface area contributed by atoms with E-state index in [1.807, 2.05) is 6.92 Å². The normalized spacial score (nSPS) is 19.6. The predicted octanol–water partition coefficient (Wildman–Crippen LogP) is 1.87. The molecule has 1 unspecified atom stereocenters. The van der Waals surface area contributed by atoms with Crippen LogP contribution in [-0.2, 0) is 6.54 Å². The maximum Gasteiger partial charge on any atom is 0.107 e. The van der Waals surface area contributed by atoms with Crippen LogP contribution in [0.3, 0.4) is 0 Å². The lowest BCUT2D eigenvalue weighted by Crippen LogP contribution is -2.49. The molecule has 98 valence electrons. The zero-order valence-electron chi connectivity index (χ0n) is 11.1. The minimum atomic E-state index is 0.0919. The van der Waals surface area contributed by atoms with Gasteiger partial charge in [-0.3, -0.25) is 9.80 Å². The minimum absolute atomic E-state index is 0.0919. The van der Waals surface area contributed by atoms with E-state index in [9.17, 15) is 0 Å². The van der Waals surface area contributed by atoms with Gasteiger partial charge in [-0.1, -0.05) is 6.92 Å². The van der Waals surface area contributed by atoms with Gasteiger partial charge in [-0.15, -0.1) is 11.3 Å². The highest BCUT2D eigenvalue weighted by atomic mass is 32.1. The number of piperazine rings is 1. The van der Waals surface area contributed by atoms with Crippen LogP contribution >= 0.6 is 11.3 Å². The van der Waals surface area contributed by atoms with Crippen molar-refractivity contribution in [3.05, 3.63) is 16.1 Å². The van der Waals surface area contributed by atoms with Gasteiger partial charge in [-0.2, -0.15) is 5.26 Å². The minimum Gasteiger partial charge on any atom is -0.294 e. The lowest BCUT2D eigenvalue weighted by atomic mass is 10.2. The molecule has 1 atom stereocenters. The van der Waals surface area contributed by atoms with Crippen molar-refractivity contribution in [2.24, 2.45) is 0 Å². The Balaban J connectivity index is 1.82. The van der Waals surface area contributed by atoms with Gasteiger partial charge in [0.15, 0.2) is 0 Å². The number of rotatable bonds is 4.